The molecule has 4 aromatic rings. The average Bonchev–Trinajstić information content (AvgIpc) is 3.48. The van der Waals surface area contributed by atoms with E-state index < -0.39 is 17.2 Å². The summed E-state index contributed by atoms with van der Waals surface area (Å²) < 4.78 is 23.9. The molecule has 1 amide bonds. The predicted molar refractivity (Wildman–Crippen MR) is 161 cm³/mol. The molecule has 8 nitrogen and oxygen atoms in total. The van der Waals surface area contributed by atoms with E-state index in [1.807, 2.05) is 55.1 Å². The minimum Gasteiger partial charge on any atom is -0.451 e. The molecule has 0 unspecified atom stereocenters. The van der Waals surface area contributed by atoms with Gasteiger partial charge in [-0.25, -0.2) is 4.39 Å². The zero-order valence-corrected chi connectivity index (χ0v) is 23.6. The molecule has 6 rings (SSSR count). The normalized spacial score (nSPS) is 14.4. The van der Waals surface area contributed by atoms with Crippen LogP contribution < -0.4 is 20.8 Å². The van der Waals surface area contributed by atoms with Gasteiger partial charge in [0.15, 0.2) is 17.3 Å². The molecule has 0 spiro atoms. The lowest BCUT2D eigenvalue weighted by Gasteiger charge is -2.27. The predicted octanol–water partition coefficient (Wildman–Crippen LogP) is 4.97. The maximum absolute atomic E-state index is 15.7. The molecular weight excluding hydrogens is 521 g/mol. The quantitative estimate of drug-likeness (QED) is 0.236. The van der Waals surface area contributed by atoms with Gasteiger partial charge in [-0.1, -0.05) is 24.3 Å². The Morgan fingerprint density at radius 3 is 2.56 bits per heavy atom. The van der Waals surface area contributed by atoms with E-state index in [0.29, 0.717) is 30.0 Å². The van der Waals surface area contributed by atoms with Gasteiger partial charge in [0.2, 0.25) is 5.43 Å². The molecule has 0 bridgehead atoms. The summed E-state index contributed by atoms with van der Waals surface area (Å²) >= 11 is 0. The molecule has 0 saturated carbocycles. The van der Waals surface area contributed by atoms with Crippen molar-refractivity contribution in [3.8, 4) is 17.2 Å². The fraction of sp³-hybridized carbons (Fsp3) is 0.375. The van der Waals surface area contributed by atoms with Crippen molar-refractivity contribution in [3.05, 3.63) is 70.3 Å². The number of nitrogens with zero attached hydrogens (tertiary/aromatic N) is 3. The third kappa shape index (κ3) is 5.39. The van der Waals surface area contributed by atoms with E-state index in [9.17, 15) is 9.59 Å². The molecular formula is C32H36FN5O3. The van der Waals surface area contributed by atoms with Gasteiger partial charge < -0.3 is 29.7 Å². The lowest BCUT2D eigenvalue weighted by Crippen LogP contribution is -2.31. The summed E-state index contributed by atoms with van der Waals surface area (Å²) in [5, 5.41) is 8.21. The number of amides is 1. The van der Waals surface area contributed by atoms with Crippen LogP contribution in [0.2, 0.25) is 0 Å². The molecule has 1 saturated heterocycles. The number of pyridine rings is 1. The Kier molecular flexibility index (Phi) is 7.64. The van der Waals surface area contributed by atoms with Gasteiger partial charge in [0.05, 0.1) is 11.1 Å². The summed E-state index contributed by atoms with van der Waals surface area (Å²) in [6.45, 7) is 4.80. The number of ether oxygens (including phenoxy) is 1. The van der Waals surface area contributed by atoms with Crippen molar-refractivity contribution in [1.29, 1.82) is 0 Å². The van der Waals surface area contributed by atoms with E-state index in [1.165, 1.54) is 18.9 Å². The van der Waals surface area contributed by atoms with Crippen LogP contribution in [0.3, 0.4) is 0 Å². The Balaban J connectivity index is 1.42. The summed E-state index contributed by atoms with van der Waals surface area (Å²) in [7, 11) is 4.01. The monoisotopic (exact) mass is 557 g/mol. The number of unbranched alkanes of at least 4 members (excludes halogenated alkanes) is 1. The Labute approximate surface area is 238 Å². The molecule has 9 heteroatoms. The zero-order chi connectivity index (χ0) is 28.5. The summed E-state index contributed by atoms with van der Waals surface area (Å²) in [4.78, 5) is 31.3. The molecule has 0 aliphatic carbocycles. The first-order valence-electron chi connectivity index (χ1n) is 14.4. The van der Waals surface area contributed by atoms with E-state index in [1.54, 1.807) is 6.20 Å². The van der Waals surface area contributed by atoms with E-state index >= 15 is 4.39 Å². The van der Waals surface area contributed by atoms with Crippen molar-refractivity contribution < 1.29 is 13.9 Å². The molecule has 1 fully saturated rings. The first-order chi connectivity index (χ1) is 19.9. The lowest BCUT2D eigenvalue weighted by atomic mass is 10.0. The number of hydrogen-bond acceptors (Lipinski definition) is 6. The van der Waals surface area contributed by atoms with E-state index in [4.69, 9.17) is 4.74 Å². The van der Waals surface area contributed by atoms with Crippen LogP contribution in [0.25, 0.3) is 27.4 Å². The summed E-state index contributed by atoms with van der Waals surface area (Å²) in [6.07, 6.45) is 5.66. The van der Waals surface area contributed by atoms with Gasteiger partial charge in [0.25, 0.3) is 5.91 Å². The van der Waals surface area contributed by atoms with Crippen LogP contribution in [-0.2, 0) is 0 Å². The van der Waals surface area contributed by atoms with Crippen LogP contribution in [0.15, 0.2) is 53.5 Å². The van der Waals surface area contributed by atoms with Crippen LogP contribution in [0.5, 0.6) is 11.5 Å². The highest BCUT2D eigenvalue weighted by molar-refractivity contribution is 6.02. The SMILES string of the molecule is CN(C)CCCCNC(=O)c1cn2c3c(c(NCCN4CCCC4)c(F)cc3c1=O)Oc1cc3ccccc3cc1-2. The molecule has 2 N–H and O–H groups in total. The van der Waals surface area contributed by atoms with Crippen molar-refractivity contribution in [3.63, 3.8) is 0 Å². The number of carbonyl (C=O) groups excluding carboxylic acids is 1. The fourth-order valence-corrected chi connectivity index (χ4v) is 5.82. The standard InChI is InChI=1S/C32H36FN5O3/c1-36(2)13-6-5-11-35-32(40)24-20-38-26-17-21-9-3-4-10-22(21)18-27(26)41-31-28(34-12-16-37-14-7-8-15-37)25(33)19-23(29(31)38)30(24)39/h3-4,9-10,17-20,34H,5-8,11-16H2,1-2H3,(H,35,40). The summed E-state index contributed by atoms with van der Waals surface area (Å²) in [5.41, 5.74) is 0.827. The molecule has 1 aromatic heterocycles. The molecule has 2 aliphatic heterocycles. The number of fused-ring (bicyclic) bond motifs is 3. The van der Waals surface area contributed by atoms with Crippen LogP contribution in [0.4, 0.5) is 10.1 Å². The summed E-state index contributed by atoms with van der Waals surface area (Å²) in [6, 6.07) is 13.0. The number of anilines is 1. The number of hydrogen-bond donors (Lipinski definition) is 2. The zero-order valence-electron chi connectivity index (χ0n) is 23.6. The van der Waals surface area contributed by atoms with E-state index in [2.05, 4.69) is 20.4 Å². The van der Waals surface area contributed by atoms with Crippen LogP contribution in [-0.4, -0.2) is 73.6 Å². The number of benzene rings is 3. The average molecular weight is 558 g/mol. The van der Waals surface area contributed by atoms with E-state index in [0.717, 1.165) is 49.8 Å². The van der Waals surface area contributed by atoms with Gasteiger partial charge in [-0.15, -0.1) is 0 Å². The van der Waals surface area contributed by atoms with Crippen LogP contribution >= 0.6 is 0 Å². The maximum atomic E-state index is 15.7. The number of carbonyl (C=O) groups is 1. The van der Waals surface area contributed by atoms with Gasteiger partial charge in [-0.05, 0) is 88.4 Å². The van der Waals surface area contributed by atoms with Crippen molar-refractivity contribution >= 4 is 33.3 Å². The van der Waals surface area contributed by atoms with Gasteiger partial charge in [-0.3, -0.25) is 9.59 Å². The molecule has 0 radical (unpaired) electrons. The number of aromatic nitrogens is 1. The van der Waals surface area contributed by atoms with Gasteiger partial charge >= 0.3 is 0 Å². The number of likely N-dealkylation sites (tertiary alicyclic amines) is 1. The Bertz CT molecular complexity index is 1680. The van der Waals surface area contributed by atoms with E-state index in [-0.39, 0.29) is 22.4 Å². The summed E-state index contributed by atoms with van der Waals surface area (Å²) in [5.74, 6) is -0.251. The molecule has 2 aliphatic rings. The second-order valence-electron chi connectivity index (χ2n) is 11.2. The van der Waals surface area contributed by atoms with Crippen LogP contribution in [0, 0.1) is 5.82 Å². The second kappa shape index (κ2) is 11.5. The maximum Gasteiger partial charge on any atom is 0.256 e. The number of rotatable bonds is 10. The smallest absolute Gasteiger partial charge is 0.256 e. The Morgan fingerprint density at radius 1 is 1.05 bits per heavy atom. The van der Waals surface area contributed by atoms with Gasteiger partial charge in [0, 0.05) is 25.8 Å². The third-order valence-electron chi connectivity index (χ3n) is 7.99. The van der Waals surface area contributed by atoms with Crippen molar-refractivity contribution in [2.45, 2.75) is 25.7 Å². The highest BCUT2D eigenvalue weighted by Gasteiger charge is 2.29. The highest BCUT2D eigenvalue weighted by Crippen LogP contribution is 2.46. The molecule has 214 valence electrons. The fourth-order valence-electron chi connectivity index (χ4n) is 5.82. The van der Waals surface area contributed by atoms with Gasteiger partial charge in [-0.2, -0.15) is 0 Å². The van der Waals surface area contributed by atoms with Gasteiger partial charge in [0.1, 0.15) is 16.8 Å². The number of nitrogens with one attached hydrogen (secondary N) is 2. The minimum atomic E-state index is -0.581. The lowest BCUT2D eigenvalue weighted by molar-refractivity contribution is 0.0951. The Hall–Kier alpha value is -3.95. The largest absolute Gasteiger partial charge is 0.451 e. The van der Waals surface area contributed by atoms with Crippen molar-refractivity contribution in [1.82, 2.24) is 19.7 Å². The van der Waals surface area contributed by atoms with Crippen molar-refractivity contribution in [2.24, 2.45) is 0 Å². The second-order valence-corrected chi connectivity index (χ2v) is 11.2. The van der Waals surface area contributed by atoms with Crippen molar-refractivity contribution in [2.75, 3.05) is 58.7 Å². The third-order valence-corrected chi connectivity index (χ3v) is 7.99. The molecule has 0 atom stereocenters. The van der Waals surface area contributed by atoms with Crippen LogP contribution in [0.1, 0.15) is 36.0 Å². The first kappa shape index (κ1) is 27.2. The first-order valence-corrected chi connectivity index (χ1v) is 14.4. The molecule has 41 heavy (non-hydrogen) atoms. The number of halogens is 1. The minimum absolute atomic E-state index is 0.0220. The topological polar surface area (TPSA) is 78.8 Å². The Morgan fingerprint density at radius 2 is 1.80 bits per heavy atom. The molecule has 3 heterocycles. The molecule has 3 aromatic carbocycles. The highest BCUT2D eigenvalue weighted by atomic mass is 19.1.